The summed E-state index contributed by atoms with van der Waals surface area (Å²) >= 11 is 1.11. The summed E-state index contributed by atoms with van der Waals surface area (Å²) in [6.07, 6.45) is 0. The zero-order valence-corrected chi connectivity index (χ0v) is 17.0. The van der Waals surface area contributed by atoms with Gasteiger partial charge in [0, 0.05) is 17.8 Å². The van der Waals surface area contributed by atoms with Crippen molar-refractivity contribution < 1.29 is 14.5 Å². The van der Waals surface area contributed by atoms with Gasteiger partial charge >= 0.3 is 0 Å². The number of benzene rings is 2. The number of nitrogens with two attached hydrogens (primary N) is 1. The van der Waals surface area contributed by atoms with Gasteiger partial charge in [-0.2, -0.15) is 5.26 Å². The topological polar surface area (TPSA) is 137 Å². The Morgan fingerprint density at radius 1 is 1.37 bits per heavy atom. The number of ether oxygens (including phenoxy) is 1. The molecular formula is C20H17N5O4S. The zero-order valence-electron chi connectivity index (χ0n) is 16.2. The number of methoxy groups -OCH3 is 1. The molecule has 152 valence electrons. The van der Waals surface area contributed by atoms with Crippen LogP contribution in [0.4, 0.5) is 5.69 Å². The number of para-hydroxylation sites is 2. The Hall–Kier alpha value is -3.84. The summed E-state index contributed by atoms with van der Waals surface area (Å²) in [5.41, 5.74) is 7.25. The molecular weight excluding hydrogens is 406 g/mol. The first-order chi connectivity index (χ1) is 14.4. The highest BCUT2D eigenvalue weighted by Gasteiger charge is 2.20. The molecule has 1 aromatic heterocycles. The minimum atomic E-state index is -0.494. The molecule has 0 atom stereocenters. The normalized spacial score (nSPS) is 11.6. The third kappa shape index (κ3) is 3.97. The molecule has 30 heavy (non-hydrogen) atoms. The molecule has 0 spiro atoms. The molecule has 0 saturated heterocycles. The molecule has 0 fully saturated rings. The van der Waals surface area contributed by atoms with E-state index in [4.69, 9.17) is 15.7 Å². The molecule has 0 saturated carbocycles. The van der Waals surface area contributed by atoms with Crippen molar-refractivity contribution in [2.75, 3.05) is 12.9 Å². The van der Waals surface area contributed by atoms with Crippen LogP contribution in [0.2, 0.25) is 0 Å². The van der Waals surface area contributed by atoms with Crippen molar-refractivity contribution in [3.63, 3.8) is 0 Å². The number of nitriles is 1. The maximum atomic E-state index is 12.4. The van der Waals surface area contributed by atoms with E-state index in [0.717, 1.165) is 11.8 Å². The number of thioether (sulfide) groups is 1. The highest BCUT2D eigenvalue weighted by Crippen LogP contribution is 2.34. The number of hydrogen-bond acceptors (Lipinski definition) is 8. The van der Waals surface area contributed by atoms with E-state index in [-0.39, 0.29) is 22.7 Å². The van der Waals surface area contributed by atoms with E-state index in [1.54, 1.807) is 16.7 Å². The van der Waals surface area contributed by atoms with Crippen molar-refractivity contribution in [2.24, 2.45) is 5.73 Å². The number of nitro groups is 1. The van der Waals surface area contributed by atoms with Gasteiger partial charge in [-0.1, -0.05) is 23.9 Å². The van der Waals surface area contributed by atoms with E-state index in [1.807, 2.05) is 24.3 Å². The second-order valence-corrected chi connectivity index (χ2v) is 7.16. The average Bonchev–Trinajstić information content (AvgIpc) is 3.09. The van der Waals surface area contributed by atoms with Crippen LogP contribution in [0.3, 0.4) is 0 Å². The Morgan fingerprint density at radius 2 is 2.10 bits per heavy atom. The zero-order chi connectivity index (χ0) is 21.8. The van der Waals surface area contributed by atoms with Gasteiger partial charge in [-0.15, -0.1) is 0 Å². The number of nitro benzene ring substituents is 1. The van der Waals surface area contributed by atoms with Gasteiger partial charge in [-0.25, -0.2) is 4.98 Å². The first-order valence-electron chi connectivity index (χ1n) is 8.70. The van der Waals surface area contributed by atoms with Gasteiger partial charge in [0.2, 0.25) is 0 Å². The first-order valence-corrected chi connectivity index (χ1v) is 9.68. The SMILES string of the molecule is COc1ccccc1-n1c(SCC(=O)C(C#N)=C(C)N)nc2cc([N+](=O)[O-])ccc21. The molecule has 10 heteroatoms. The Kier molecular flexibility index (Phi) is 6.03. The molecule has 0 aliphatic rings. The first kappa shape index (κ1) is 20.9. The van der Waals surface area contributed by atoms with Crippen molar-refractivity contribution in [1.82, 2.24) is 9.55 Å². The monoisotopic (exact) mass is 423 g/mol. The van der Waals surface area contributed by atoms with E-state index >= 15 is 0 Å². The molecule has 0 unspecified atom stereocenters. The predicted octanol–water partition coefficient (Wildman–Crippen LogP) is 3.36. The standard InChI is InChI=1S/C20H17N5O4S/c1-12(22)14(10-21)18(26)11-30-20-23-15-9-13(25(27)28)7-8-16(15)24(20)17-5-3-4-6-19(17)29-2/h3-9H,11,22H2,1-2H3. The molecule has 3 aromatic rings. The van der Waals surface area contributed by atoms with Crippen LogP contribution in [0.25, 0.3) is 16.7 Å². The van der Waals surface area contributed by atoms with Crippen molar-refractivity contribution >= 4 is 34.3 Å². The van der Waals surface area contributed by atoms with Crippen molar-refractivity contribution in [1.29, 1.82) is 5.26 Å². The number of carbonyl (C=O) groups is 1. The summed E-state index contributed by atoms with van der Waals surface area (Å²) in [6.45, 7) is 1.49. The minimum Gasteiger partial charge on any atom is -0.495 e. The van der Waals surface area contributed by atoms with Crippen LogP contribution in [0.1, 0.15) is 6.92 Å². The van der Waals surface area contributed by atoms with Gasteiger partial charge in [0.05, 0.1) is 34.5 Å². The molecule has 0 bridgehead atoms. The number of imidazole rings is 1. The minimum absolute atomic E-state index is 0.0714. The van der Waals surface area contributed by atoms with Crippen LogP contribution in [-0.4, -0.2) is 33.1 Å². The number of aromatic nitrogens is 2. The largest absolute Gasteiger partial charge is 0.495 e. The Labute approximate surface area is 175 Å². The molecule has 2 N–H and O–H groups in total. The van der Waals surface area contributed by atoms with Crippen molar-refractivity contribution in [2.45, 2.75) is 12.1 Å². The van der Waals surface area contributed by atoms with Crippen molar-refractivity contribution in [3.8, 4) is 17.5 Å². The fourth-order valence-electron chi connectivity index (χ4n) is 2.88. The summed E-state index contributed by atoms with van der Waals surface area (Å²) in [4.78, 5) is 27.5. The number of allylic oxidation sites excluding steroid dienone is 2. The van der Waals surface area contributed by atoms with Crippen molar-refractivity contribution in [3.05, 3.63) is 63.8 Å². The second kappa shape index (κ2) is 8.67. The molecule has 9 nitrogen and oxygen atoms in total. The van der Waals surface area contributed by atoms with Gasteiger partial charge in [0.1, 0.15) is 17.4 Å². The second-order valence-electron chi connectivity index (χ2n) is 6.21. The summed E-state index contributed by atoms with van der Waals surface area (Å²) in [7, 11) is 1.53. The summed E-state index contributed by atoms with van der Waals surface area (Å²) in [5, 5.41) is 20.7. The van der Waals surface area contributed by atoms with Crippen LogP contribution < -0.4 is 10.5 Å². The number of ketones is 1. The van der Waals surface area contributed by atoms with E-state index < -0.39 is 10.7 Å². The maximum Gasteiger partial charge on any atom is 0.271 e. The lowest BCUT2D eigenvalue weighted by atomic mass is 10.2. The van der Waals surface area contributed by atoms with Gasteiger partial charge in [0.15, 0.2) is 10.9 Å². The lowest BCUT2D eigenvalue weighted by Crippen LogP contribution is -2.11. The molecule has 0 aliphatic carbocycles. The van der Waals surface area contributed by atoms with E-state index in [0.29, 0.717) is 27.6 Å². The van der Waals surface area contributed by atoms with Crippen LogP contribution in [0, 0.1) is 21.4 Å². The van der Waals surface area contributed by atoms with E-state index in [2.05, 4.69) is 4.98 Å². The fourth-order valence-corrected chi connectivity index (χ4v) is 3.77. The quantitative estimate of drug-likeness (QED) is 0.201. The molecule has 3 rings (SSSR count). The van der Waals surface area contributed by atoms with Gasteiger partial charge in [-0.3, -0.25) is 19.5 Å². The third-order valence-corrected chi connectivity index (χ3v) is 5.20. The maximum absolute atomic E-state index is 12.4. The number of nitrogens with zero attached hydrogens (tertiary/aromatic N) is 4. The smallest absolute Gasteiger partial charge is 0.271 e. The van der Waals surface area contributed by atoms with Gasteiger partial charge < -0.3 is 10.5 Å². The summed E-state index contributed by atoms with van der Waals surface area (Å²) in [6, 6.07) is 13.4. The molecule has 0 amide bonds. The number of non-ortho nitro benzene ring substituents is 1. The lowest BCUT2D eigenvalue weighted by Gasteiger charge is -2.12. The Morgan fingerprint density at radius 3 is 2.73 bits per heavy atom. The highest BCUT2D eigenvalue weighted by molar-refractivity contribution is 7.99. The number of hydrogen-bond donors (Lipinski definition) is 1. The highest BCUT2D eigenvalue weighted by atomic mass is 32.2. The van der Waals surface area contributed by atoms with Crippen LogP contribution in [-0.2, 0) is 4.79 Å². The summed E-state index contributed by atoms with van der Waals surface area (Å²) < 4.78 is 7.21. The number of Topliss-reactive ketones (excluding diaryl/α,β-unsaturated/α-hetero) is 1. The molecule has 0 radical (unpaired) electrons. The third-order valence-electron chi connectivity index (χ3n) is 4.26. The molecule has 0 aliphatic heterocycles. The number of carbonyl (C=O) groups excluding carboxylic acids is 1. The predicted molar refractivity (Wildman–Crippen MR) is 113 cm³/mol. The summed E-state index contributed by atoms with van der Waals surface area (Å²) in [5.74, 6) is 0.0729. The van der Waals surface area contributed by atoms with E-state index in [9.17, 15) is 14.9 Å². The Balaban J connectivity index is 2.13. The number of fused-ring (bicyclic) bond motifs is 1. The van der Waals surface area contributed by atoms with Gasteiger partial charge in [-0.05, 0) is 25.1 Å². The molecule has 1 heterocycles. The molecule has 2 aromatic carbocycles. The number of rotatable bonds is 7. The van der Waals surface area contributed by atoms with E-state index in [1.165, 1.54) is 26.2 Å². The van der Waals surface area contributed by atoms with Gasteiger partial charge in [0.25, 0.3) is 5.69 Å². The lowest BCUT2D eigenvalue weighted by molar-refractivity contribution is -0.384. The van der Waals surface area contributed by atoms with Crippen LogP contribution in [0.15, 0.2) is 58.9 Å². The Bertz CT molecular complexity index is 1220. The fraction of sp³-hybridized carbons (Fsp3) is 0.150. The van der Waals surface area contributed by atoms with Crippen LogP contribution in [0.5, 0.6) is 5.75 Å². The average molecular weight is 423 g/mol. The van der Waals surface area contributed by atoms with Crippen LogP contribution >= 0.6 is 11.8 Å².